The molecule has 1 aliphatic heterocycles. The van der Waals surface area contributed by atoms with Gasteiger partial charge in [-0.15, -0.1) is 0 Å². The third-order valence-electron chi connectivity index (χ3n) is 2.03. The van der Waals surface area contributed by atoms with Gasteiger partial charge in [0.25, 0.3) is 0 Å². The predicted octanol–water partition coefficient (Wildman–Crippen LogP) is 1.54. The lowest BCUT2D eigenvalue weighted by atomic mass is 9.93. The van der Waals surface area contributed by atoms with Crippen LogP contribution in [0.25, 0.3) is 0 Å². The summed E-state index contributed by atoms with van der Waals surface area (Å²) in [5.74, 6) is 0. The fraction of sp³-hybridized carbons (Fsp3) is 0.556. The number of nitrogens with zero attached hydrogens (tertiary/aromatic N) is 2. The van der Waals surface area contributed by atoms with E-state index in [0.717, 1.165) is 0 Å². The van der Waals surface area contributed by atoms with Gasteiger partial charge in [0.2, 0.25) is 0 Å². The lowest BCUT2D eigenvalue weighted by Crippen LogP contribution is -2.48. The molecule has 0 aromatic carbocycles. The van der Waals surface area contributed by atoms with E-state index in [9.17, 15) is 0 Å². The molecule has 0 spiro atoms. The SMILES string of the molecule is CCOC1(C(C)Br)C=CNN=C1C#N. The van der Waals surface area contributed by atoms with Crippen molar-refractivity contribution in [1.29, 1.82) is 5.26 Å². The van der Waals surface area contributed by atoms with Crippen molar-refractivity contribution < 1.29 is 4.74 Å². The maximum atomic E-state index is 8.95. The van der Waals surface area contributed by atoms with Crippen LogP contribution >= 0.6 is 15.9 Å². The molecule has 0 saturated carbocycles. The quantitative estimate of drug-likeness (QED) is 0.781. The first-order valence-electron chi connectivity index (χ1n) is 4.37. The lowest BCUT2D eigenvalue weighted by Gasteiger charge is -2.33. The second kappa shape index (κ2) is 4.58. The van der Waals surface area contributed by atoms with Crippen LogP contribution in [0.3, 0.4) is 0 Å². The average Bonchev–Trinajstić information content (AvgIpc) is 2.18. The number of halogens is 1. The molecular formula is C9H12BrN3O. The third kappa shape index (κ3) is 1.81. The predicted molar refractivity (Wildman–Crippen MR) is 58.1 cm³/mol. The van der Waals surface area contributed by atoms with Gasteiger partial charge in [-0.1, -0.05) is 15.9 Å². The van der Waals surface area contributed by atoms with E-state index < -0.39 is 5.60 Å². The Bertz CT molecular complexity index is 306. The highest BCUT2D eigenvalue weighted by atomic mass is 79.9. The van der Waals surface area contributed by atoms with Gasteiger partial charge in [-0.05, 0) is 19.9 Å². The van der Waals surface area contributed by atoms with Crippen LogP contribution in [0.5, 0.6) is 0 Å². The minimum absolute atomic E-state index is 0.00769. The molecule has 0 bridgehead atoms. The van der Waals surface area contributed by atoms with Crippen LogP contribution in [0.1, 0.15) is 13.8 Å². The standard InChI is InChI=1S/C9H12BrN3O/c1-3-14-9(7(2)10)4-5-12-13-8(9)6-11/h4-5,7,12H,3H2,1-2H3. The van der Waals surface area contributed by atoms with Gasteiger partial charge in [0.1, 0.15) is 6.07 Å². The number of alkyl halides is 1. The van der Waals surface area contributed by atoms with Crippen LogP contribution in [0.15, 0.2) is 17.4 Å². The first-order valence-corrected chi connectivity index (χ1v) is 5.28. The third-order valence-corrected chi connectivity index (χ3v) is 2.71. The summed E-state index contributed by atoms with van der Waals surface area (Å²) in [5, 5.41) is 12.9. The van der Waals surface area contributed by atoms with Crippen LogP contribution in [-0.2, 0) is 4.74 Å². The molecule has 76 valence electrons. The summed E-state index contributed by atoms with van der Waals surface area (Å²) in [7, 11) is 0. The number of hydrogen-bond donors (Lipinski definition) is 1. The summed E-state index contributed by atoms with van der Waals surface area (Å²) in [6.45, 7) is 4.35. The Kier molecular flexibility index (Phi) is 3.67. The van der Waals surface area contributed by atoms with Crippen molar-refractivity contribution >= 4 is 21.6 Å². The van der Waals surface area contributed by atoms with E-state index >= 15 is 0 Å². The smallest absolute Gasteiger partial charge is 0.174 e. The van der Waals surface area contributed by atoms with Crippen molar-refractivity contribution in [3.05, 3.63) is 12.3 Å². The molecule has 0 amide bonds. The number of ether oxygens (including phenoxy) is 1. The van der Waals surface area contributed by atoms with Crippen LogP contribution in [0.4, 0.5) is 0 Å². The maximum absolute atomic E-state index is 8.95. The van der Waals surface area contributed by atoms with E-state index in [1.54, 1.807) is 6.20 Å². The molecule has 0 aromatic rings. The Balaban J connectivity index is 3.06. The molecule has 1 heterocycles. The van der Waals surface area contributed by atoms with Gasteiger partial charge in [-0.25, -0.2) is 0 Å². The summed E-state index contributed by atoms with van der Waals surface area (Å²) in [6.07, 6.45) is 3.48. The topological polar surface area (TPSA) is 57.4 Å². The molecule has 1 N–H and O–H groups in total. The highest BCUT2D eigenvalue weighted by Gasteiger charge is 2.40. The molecular weight excluding hydrogens is 246 g/mol. The van der Waals surface area contributed by atoms with E-state index in [0.29, 0.717) is 12.3 Å². The largest absolute Gasteiger partial charge is 0.363 e. The molecule has 0 fully saturated rings. The summed E-state index contributed by atoms with van der Waals surface area (Å²) in [5.41, 5.74) is 2.24. The van der Waals surface area contributed by atoms with Crippen LogP contribution in [0.2, 0.25) is 0 Å². The fourth-order valence-corrected chi connectivity index (χ4v) is 1.83. The minimum Gasteiger partial charge on any atom is -0.363 e. The number of nitrogens with one attached hydrogen (secondary N) is 1. The van der Waals surface area contributed by atoms with Gasteiger partial charge in [-0.3, -0.25) is 5.43 Å². The van der Waals surface area contributed by atoms with Crippen molar-refractivity contribution in [2.24, 2.45) is 5.10 Å². The van der Waals surface area contributed by atoms with Crippen molar-refractivity contribution in [2.45, 2.75) is 24.3 Å². The highest BCUT2D eigenvalue weighted by molar-refractivity contribution is 9.09. The van der Waals surface area contributed by atoms with E-state index in [1.165, 1.54) is 0 Å². The first kappa shape index (κ1) is 11.2. The molecule has 14 heavy (non-hydrogen) atoms. The summed E-state index contributed by atoms with van der Waals surface area (Å²) in [6, 6.07) is 2.04. The van der Waals surface area contributed by atoms with Crippen molar-refractivity contribution in [3.63, 3.8) is 0 Å². The Morgan fingerprint density at radius 2 is 2.57 bits per heavy atom. The Hall–Kier alpha value is -0.860. The number of nitriles is 1. The lowest BCUT2D eigenvalue weighted by molar-refractivity contribution is 0.0536. The van der Waals surface area contributed by atoms with Crippen molar-refractivity contribution in [1.82, 2.24) is 5.43 Å². The van der Waals surface area contributed by atoms with Gasteiger partial charge in [0, 0.05) is 12.8 Å². The monoisotopic (exact) mass is 257 g/mol. The zero-order valence-corrected chi connectivity index (χ0v) is 9.71. The summed E-state index contributed by atoms with van der Waals surface area (Å²) < 4.78 is 5.61. The minimum atomic E-state index is -0.741. The Labute approximate surface area is 91.8 Å². The fourth-order valence-electron chi connectivity index (χ4n) is 1.33. The van der Waals surface area contributed by atoms with Crippen molar-refractivity contribution in [2.75, 3.05) is 6.61 Å². The van der Waals surface area contributed by atoms with Gasteiger partial charge >= 0.3 is 0 Å². The molecule has 0 radical (unpaired) electrons. The molecule has 4 nitrogen and oxygen atoms in total. The zero-order chi connectivity index (χ0) is 10.6. The Morgan fingerprint density at radius 3 is 3.07 bits per heavy atom. The maximum Gasteiger partial charge on any atom is 0.174 e. The van der Waals surface area contributed by atoms with Crippen LogP contribution in [-0.4, -0.2) is 22.7 Å². The second-order valence-electron chi connectivity index (χ2n) is 2.88. The van der Waals surface area contributed by atoms with E-state index in [2.05, 4.69) is 26.5 Å². The van der Waals surface area contributed by atoms with Gasteiger partial charge in [0.05, 0.1) is 4.83 Å². The number of rotatable bonds is 3. The molecule has 2 atom stereocenters. The second-order valence-corrected chi connectivity index (χ2v) is 4.25. The molecule has 1 aliphatic rings. The number of hydrogen-bond acceptors (Lipinski definition) is 4. The molecule has 2 unspecified atom stereocenters. The molecule has 0 aromatic heterocycles. The summed E-state index contributed by atoms with van der Waals surface area (Å²) >= 11 is 3.44. The first-order chi connectivity index (χ1) is 6.67. The van der Waals surface area contributed by atoms with Gasteiger partial charge in [-0.2, -0.15) is 10.4 Å². The van der Waals surface area contributed by atoms with Gasteiger partial charge < -0.3 is 4.74 Å². The normalized spacial score (nSPS) is 27.4. The molecule has 1 rings (SSSR count). The number of hydrazone groups is 1. The summed E-state index contributed by atoms with van der Waals surface area (Å²) in [4.78, 5) is -0.00769. The van der Waals surface area contributed by atoms with Gasteiger partial charge in [0.15, 0.2) is 11.3 Å². The average molecular weight is 258 g/mol. The molecule has 5 heteroatoms. The van der Waals surface area contributed by atoms with E-state index in [1.807, 2.05) is 26.0 Å². The van der Waals surface area contributed by atoms with Crippen molar-refractivity contribution in [3.8, 4) is 6.07 Å². The molecule has 0 saturated heterocycles. The highest BCUT2D eigenvalue weighted by Crippen LogP contribution is 2.27. The zero-order valence-electron chi connectivity index (χ0n) is 8.12. The Morgan fingerprint density at radius 1 is 1.86 bits per heavy atom. The van der Waals surface area contributed by atoms with E-state index in [4.69, 9.17) is 10.00 Å². The van der Waals surface area contributed by atoms with E-state index in [-0.39, 0.29) is 4.83 Å². The molecule has 0 aliphatic carbocycles. The van der Waals surface area contributed by atoms with Crippen LogP contribution in [0, 0.1) is 11.3 Å². The van der Waals surface area contributed by atoms with Crippen LogP contribution < -0.4 is 5.43 Å².